The van der Waals surface area contributed by atoms with Gasteiger partial charge in [-0.1, -0.05) is 62.1 Å². The Morgan fingerprint density at radius 3 is 2.58 bits per heavy atom. The Balaban J connectivity index is 1.06. The molecule has 2 aromatic rings. The van der Waals surface area contributed by atoms with Crippen molar-refractivity contribution in [1.82, 2.24) is 4.90 Å². The molecular weight excluding hydrogens is 466 g/mol. The number of carbonyl (C=O) groups excluding carboxylic acids is 1. The molecule has 6 rings (SSSR count). The highest BCUT2D eigenvalue weighted by molar-refractivity contribution is 6.01. The molecule has 2 unspecified atom stereocenters. The average Bonchev–Trinajstić information content (AvgIpc) is 3.61. The summed E-state index contributed by atoms with van der Waals surface area (Å²) in [7, 11) is 0. The van der Waals surface area contributed by atoms with E-state index in [1.165, 1.54) is 83.0 Å². The molecular formula is C35H45NO2. The zero-order chi connectivity index (χ0) is 26.1. The van der Waals surface area contributed by atoms with Crippen LogP contribution in [0, 0.1) is 24.7 Å². The molecule has 2 heterocycles. The highest BCUT2D eigenvalue weighted by Gasteiger charge is 2.55. The summed E-state index contributed by atoms with van der Waals surface area (Å²) in [5.41, 5.74) is 4.07. The molecule has 1 saturated heterocycles. The first-order chi connectivity index (χ1) is 18.5. The fourth-order valence-corrected chi connectivity index (χ4v) is 7.33. The highest BCUT2D eigenvalue weighted by atomic mass is 16.3. The van der Waals surface area contributed by atoms with Crippen LogP contribution in [0.15, 0.2) is 52.5 Å². The van der Waals surface area contributed by atoms with Crippen LogP contribution in [0.25, 0.3) is 17.0 Å². The number of furan rings is 1. The number of Topliss-reactive ketones (excluding diaryl/α,β-unsaturated/α-hetero) is 1. The number of carbonyl (C=O) groups is 1. The first-order valence-electron chi connectivity index (χ1n) is 15.4. The summed E-state index contributed by atoms with van der Waals surface area (Å²) in [5.74, 6) is 3.33. The van der Waals surface area contributed by atoms with E-state index in [2.05, 4.69) is 60.4 Å². The zero-order valence-corrected chi connectivity index (χ0v) is 23.5. The summed E-state index contributed by atoms with van der Waals surface area (Å²) in [5, 5.41) is 1.14. The minimum absolute atomic E-state index is 0.0411. The quantitative estimate of drug-likeness (QED) is 0.333. The second-order valence-corrected chi connectivity index (χ2v) is 12.8. The van der Waals surface area contributed by atoms with E-state index in [9.17, 15) is 4.79 Å². The summed E-state index contributed by atoms with van der Waals surface area (Å²) in [6.45, 7) is 8.01. The van der Waals surface area contributed by atoms with Crippen molar-refractivity contribution in [2.45, 2.75) is 89.9 Å². The molecule has 202 valence electrons. The predicted octanol–water partition coefficient (Wildman–Crippen LogP) is 8.56. The maximum atomic E-state index is 13.3. The van der Waals surface area contributed by atoms with Crippen molar-refractivity contribution in [2.24, 2.45) is 17.8 Å². The maximum Gasteiger partial charge on any atom is 0.158 e. The number of likely N-dealkylation sites (tertiary alicyclic amines) is 1. The van der Waals surface area contributed by atoms with Crippen LogP contribution in [-0.4, -0.2) is 30.3 Å². The maximum absolute atomic E-state index is 13.3. The van der Waals surface area contributed by atoms with Crippen molar-refractivity contribution < 1.29 is 9.21 Å². The van der Waals surface area contributed by atoms with Crippen molar-refractivity contribution in [3.63, 3.8) is 0 Å². The van der Waals surface area contributed by atoms with Crippen LogP contribution in [0.2, 0.25) is 0 Å². The predicted molar refractivity (Wildman–Crippen MR) is 157 cm³/mol. The third-order valence-electron chi connectivity index (χ3n) is 10.1. The lowest BCUT2D eigenvalue weighted by Crippen LogP contribution is -2.28. The number of allylic oxidation sites excluding steroid dienone is 5. The molecule has 0 amide bonds. The van der Waals surface area contributed by atoms with Gasteiger partial charge < -0.3 is 9.32 Å². The van der Waals surface area contributed by atoms with E-state index in [1.807, 2.05) is 6.92 Å². The number of aryl methyl sites for hydroxylation is 1. The topological polar surface area (TPSA) is 33.5 Å². The Morgan fingerprint density at radius 2 is 1.82 bits per heavy atom. The minimum atomic E-state index is 0.0411. The third kappa shape index (κ3) is 5.37. The van der Waals surface area contributed by atoms with Crippen LogP contribution in [0.5, 0.6) is 0 Å². The second-order valence-electron chi connectivity index (χ2n) is 12.8. The molecule has 38 heavy (non-hydrogen) atoms. The molecule has 0 N–H and O–H groups in total. The smallest absolute Gasteiger partial charge is 0.158 e. The van der Waals surface area contributed by atoms with E-state index in [1.54, 1.807) is 0 Å². The number of ketones is 1. The van der Waals surface area contributed by atoms with Gasteiger partial charge in [0.1, 0.15) is 11.3 Å². The molecule has 1 aliphatic heterocycles. The van der Waals surface area contributed by atoms with Crippen molar-refractivity contribution in [3.05, 3.63) is 65.0 Å². The molecule has 1 aromatic heterocycles. The largest absolute Gasteiger partial charge is 0.459 e. The van der Waals surface area contributed by atoms with Crippen LogP contribution < -0.4 is 0 Å². The molecule has 0 bridgehead atoms. The summed E-state index contributed by atoms with van der Waals surface area (Å²) >= 11 is 0. The van der Waals surface area contributed by atoms with Crippen LogP contribution in [0.1, 0.15) is 94.4 Å². The standard InChI is InChI=1S/C35H45NO2/c1-25-10-15-29-23-33(35-17-6-5-9-30(35)24-35)38-34(29)31(25)21-26(2)32(37)22-28-13-11-27(12-14-28)16-20-36-18-7-3-4-8-19-36/h5-6,9-10,15,17,21,23,27-28,30H,3-4,7-8,11-14,16,18-20,22,24H2,1-2H3/b26-21+. The number of hydrogen-bond donors (Lipinski definition) is 0. The van der Waals surface area contributed by atoms with Gasteiger partial charge in [0, 0.05) is 17.4 Å². The van der Waals surface area contributed by atoms with Gasteiger partial charge in [-0.25, -0.2) is 0 Å². The van der Waals surface area contributed by atoms with Gasteiger partial charge in [0.15, 0.2) is 5.78 Å². The average molecular weight is 512 g/mol. The lowest BCUT2D eigenvalue weighted by molar-refractivity contribution is -0.116. The van der Waals surface area contributed by atoms with Gasteiger partial charge in [0.2, 0.25) is 0 Å². The zero-order valence-electron chi connectivity index (χ0n) is 23.5. The number of nitrogens with zero attached hydrogens (tertiary/aromatic N) is 1. The van der Waals surface area contributed by atoms with Gasteiger partial charge in [-0.05, 0) is 113 Å². The lowest BCUT2D eigenvalue weighted by Gasteiger charge is -2.30. The SMILES string of the molecule is C/C(=C\c1c(C)ccc2cc(C34C=CC=CC3C4)oc12)C(=O)CC1CCC(CCN2CCCCCC2)CC1. The normalized spacial score (nSPS) is 29.8. The molecule has 4 aliphatic rings. The monoisotopic (exact) mass is 511 g/mol. The van der Waals surface area contributed by atoms with Crippen molar-refractivity contribution in [2.75, 3.05) is 19.6 Å². The van der Waals surface area contributed by atoms with Crippen molar-refractivity contribution in [1.29, 1.82) is 0 Å². The number of rotatable bonds is 8. The van der Waals surface area contributed by atoms with E-state index in [0.717, 1.165) is 40.2 Å². The van der Waals surface area contributed by atoms with Crippen LogP contribution in [-0.2, 0) is 10.2 Å². The summed E-state index contributed by atoms with van der Waals surface area (Å²) in [4.78, 5) is 16.0. The van der Waals surface area contributed by atoms with Crippen molar-refractivity contribution in [3.8, 4) is 0 Å². The molecule has 1 aromatic carbocycles. The van der Waals surface area contributed by atoms with E-state index in [0.29, 0.717) is 24.0 Å². The molecule has 0 radical (unpaired) electrons. The molecule has 2 saturated carbocycles. The highest BCUT2D eigenvalue weighted by Crippen LogP contribution is 2.58. The van der Waals surface area contributed by atoms with Crippen LogP contribution in [0.3, 0.4) is 0 Å². The first kappa shape index (κ1) is 25.9. The van der Waals surface area contributed by atoms with Gasteiger partial charge in [0.25, 0.3) is 0 Å². The Labute approximate surface area is 229 Å². The molecule has 3 heteroatoms. The summed E-state index contributed by atoms with van der Waals surface area (Å²) in [6.07, 6.45) is 24.8. The van der Waals surface area contributed by atoms with E-state index < -0.39 is 0 Å². The molecule has 0 spiro atoms. The van der Waals surface area contributed by atoms with E-state index >= 15 is 0 Å². The third-order valence-corrected chi connectivity index (χ3v) is 10.1. The number of benzene rings is 1. The van der Waals surface area contributed by atoms with E-state index in [4.69, 9.17) is 4.42 Å². The Kier molecular flexibility index (Phi) is 7.49. The molecule has 3 fully saturated rings. The molecule has 3 nitrogen and oxygen atoms in total. The van der Waals surface area contributed by atoms with Gasteiger partial charge >= 0.3 is 0 Å². The minimum Gasteiger partial charge on any atom is -0.459 e. The lowest BCUT2D eigenvalue weighted by atomic mass is 9.78. The first-order valence-corrected chi connectivity index (χ1v) is 15.4. The van der Waals surface area contributed by atoms with Crippen LogP contribution in [0.4, 0.5) is 0 Å². The second kappa shape index (κ2) is 11.0. The van der Waals surface area contributed by atoms with Gasteiger partial charge in [-0.15, -0.1) is 0 Å². The Bertz CT molecular complexity index is 1250. The fourth-order valence-electron chi connectivity index (χ4n) is 7.33. The van der Waals surface area contributed by atoms with Gasteiger partial charge in [-0.3, -0.25) is 4.79 Å². The Morgan fingerprint density at radius 1 is 1.05 bits per heavy atom. The molecule has 2 atom stereocenters. The number of fused-ring (bicyclic) bond motifs is 2. The fraction of sp³-hybridized carbons (Fsp3) is 0.571. The van der Waals surface area contributed by atoms with Gasteiger partial charge in [0.05, 0.1) is 5.41 Å². The summed E-state index contributed by atoms with van der Waals surface area (Å²) in [6, 6.07) is 6.54. The Hall–Kier alpha value is -2.39. The van der Waals surface area contributed by atoms with Crippen molar-refractivity contribution >= 4 is 22.8 Å². The van der Waals surface area contributed by atoms with Gasteiger partial charge in [-0.2, -0.15) is 0 Å². The molecule has 3 aliphatic carbocycles. The summed E-state index contributed by atoms with van der Waals surface area (Å²) < 4.78 is 6.54. The number of hydrogen-bond acceptors (Lipinski definition) is 3. The van der Waals surface area contributed by atoms with E-state index in [-0.39, 0.29) is 5.41 Å². The van der Waals surface area contributed by atoms with Crippen LogP contribution >= 0.6 is 0 Å².